The molecule has 0 bridgehead atoms. The number of esters is 1. The smallest absolute Gasteiger partial charge is 0.396 e. The second kappa shape index (κ2) is 6.11. The lowest BCUT2D eigenvalue weighted by Crippen LogP contribution is -2.04. The standard InChI is InChI=1S/C10H7BrFN3O3S/c1-2-17-9(16)7-14-15-10(18-7)19-8-6(12)3-5(11)4-13-8/h3-4H,2H2,1H3. The molecule has 2 aromatic heterocycles. The summed E-state index contributed by atoms with van der Waals surface area (Å²) in [5.41, 5.74) is 0. The predicted octanol–water partition coefficient (Wildman–Crippen LogP) is 2.69. The van der Waals surface area contributed by atoms with E-state index in [2.05, 4.69) is 31.1 Å². The van der Waals surface area contributed by atoms with Crippen LogP contribution >= 0.6 is 27.7 Å². The van der Waals surface area contributed by atoms with E-state index in [1.165, 1.54) is 12.3 Å². The normalized spacial score (nSPS) is 10.5. The van der Waals surface area contributed by atoms with E-state index in [1.54, 1.807) is 6.92 Å². The number of rotatable bonds is 4. The first-order chi connectivity index (χ1) is 9.10. The van der Waals surface area contributed by atoms with Gasteiger partial charge in [0.1, 0.15) is 5.03 Å². The fourth-order valence-corrected chi connectivity index (χ4v) is 2.02. The second-order valence-electron chi connectivity index (χ2n) is 3.14. The molecule has 0 aliphatic heterocycles. The quantitative estimate of drug-likeness (QED) is 0.786. The Kier molecular flexibility index (Phi) is 4.48. The van der Waals surface area contributed by atoms with Crippen LogP contribution in [0.2, 0.25) is 0 Å². The highest BCUT2D eigenvalue weighted by molar-refractivity contribution is 9.10. The monoisotopic (exact) mass is 347 g/mol. The molecule has 0 aromatic carbocycles. The third-order valence-corrected chi connectivity index (χ3v) is 3.08. The first-order valence-electron chi connectivity index (χ1n) is 5.09. The molecule has 6 nitrogen and oxygen atoms in total. The van der Waals surface area contributed by atoms with Crippen LogP contribution in [0.15, 0.2) is 31.4 Å². The molecule has 2 heterocycles. The molecule has 0 aliphatic carbocycles. The average molecular weight is 348 g/mol. The lowest BCUT2D eigenvalue weighted by molar-refractivity contribution is 0.0475. The highest BCUT2D eigenvalue weighted by Gasteiger charge is 2.18. The summed E-state index contributed by atoms with van der Waals surface area (Å²) in [4.78, 5) is 15.2. The molecule has 0 unspecified atom stereocenters. The number of halogens is 2. The van der Waals surface area contributed by atoms with Gasteiger partial charge in [0.15, 0.2) is 5.82 Å². The van der Waals surface area contributed by atoms with E-state index in [-0.39, 0.29) is 22.7 Å². The predicted molar refractivity (Wildman–Crippen MR) is 66.3 cm³/mol. The first kappa shape index (κ1) is 13.9. The maximum atomic E-state index is 13.5. The Morgan fingerprint density at radius 2 is 2.37 bits per heavy atom. The Labute approximate surface area is 119 Å². The lowest BCUT2D eigenvalue weighted by Gasteiger charge is -1.98. The number of hydrogen-bond donors (Lipinski definition) is 0. The molecule has 9 heteroatoms. The molecular weight excluding hydrogens is 341 g/mol. The van der Waals surface area contributed by atoms with Gasteiger partial charge >= 0.3 is 11.9 Å². The number of carbonyl (C=O) groups is 1. The van der Waals surface area contributed by atoms with Crippen molar-refractivity contribution < 1.29 is 18.3 Å². The van der Waals surface area contributed by atoms with Crippen molar-refractivity contribution in [1.29, 1.82) is 0 Å². The lowest BCUT2D eigenvalue weighted by atomic mass is 10.5. The van der Waals surface area contributed by atoms with Gasteiger partial charge in [-0.05, 0) is 40.7 Å². The van der Waals surface area contributed by atoms with Crippen LogP contribution in [0.5, 0.6) is 0 Å². The molecule has 2 rings (SSSR count). The molecular formula is C10H7BrFN3O3S. The van der Waals surface area contributed by atoms with Gasteiger partial charge in [0.05, 0.1) is 6.61 Å². The summed E-state index contributed by atoms with van der Waals surface area (Å²) in [6.07, 6.45) is 1.44. The summed E-state index contributed by atoms with van der Waals surface area (Å²) >= 11 is 3.92. The molecule has 0 saturated heterocycles. The minimum Gasteiger partial charge on any atom is -0.459 e. The van der Waals surface area contributed by atoms with Crippen molar-refractivity contribution in [3.63, 3.8) is 0 Å². The number of carbonyl (C=O) groups excluding carboxylic acids is 1. The molecule has 2 aromatic rings. The Bertz CT molecular complexity index is 607. The van der Waals surface area contributed by atoms with Gasteiger partial charge in [-0.25, -0.2) is 14.2 Å². The van der Waals surface area contributed by atoms with Crippen LogP contribution in [-0.4, -0.2) is 27.8 Å². The molecule has 0 saturated carbocycles. The second-order valence-corrected chi connectivity index (χ2v) is 4.99. The van der Waals surface area contributed by atoms with Crippen LogP contribution in [0, 0.1) is 5.82 Å². The van der Waals surface area contributed by atoms with E-state index in [1.807, 2.05) is 0 Å². The van der Waals surface area contributed by atoms with Gasteiger partial charge in [-0.15, -0.1) is 5.10 Å². The summed E-state index contributed by atoms with van der Waals surface area (Å²) in [7, 11) is 0. The summed E-state index contributed by atoms with van der Waals surface area (Å²) < 4.78 is 23.8. The largest absolute Gasteiger partial charge is 0.459 e. The van der Waals surface area contributed by atoms with Gasteiger partial charge in [0.25, 0.3) is 5.22 Å². The number of ether oxygens (including phenoxy) is 1. The average Bonchev–Trinajstić information content (AvgIpc) is 2.82. The Morgan fingerprint density at radius 1 is 1.58 bits per heavy atom. The molecule has 0 atom stereocenters. The third-order valence-electron chi connectivity index (χ3n) is 1.81. The summed E-state index contributed by atoms with van der Waals surface area (Å²) in [6.45, 7) is 1.86. The van der Waals surface area contributed by atoms with Gasteiger partial charge in [0.2, 0.25) is 0 Å². The molecule has 0 spiro atoms. The summed E-state index contributed by atoms with van der Waals surface area (Å²) in [6, 6.07) is 1.26. The zero-order valence-corrected chi connectivity index (χ0v) is 12.0. The van der Waals surface area contributed by atoms with Gasteiger partial charge in [-0.2, -0.15) is 0 Å². The van der Waals surface area contributed by atoms with E-state index >= 15 is 0 Å². The first-order valence-corrected chi connectivity index (χ1v) is 6.70. The summed E-state index contributed by atoms with van der Waals surface area (Å²) in [5.74, 6) is -1.52. The van der Waals surface area contributed by atoms with Crippen molar-refractivity contribution in [1.82, 2.24) is 15.2 Å². The highest BCUT2D eigenvalue weighted by atomic mass is 79.9. The molecule has 100 valence electrons. The number of hydrogen-bond acceptors (Lipinski definition) is 7. The minimum absolute atomic E-state index is 0.0109. The van der Waals surface area contributed by atoms with Gasteiger partial charge in [0, 0.05) is 10.7 Å². The Hall–Kier alpha value is -1.48. The van der Waals surface area contributed by atoms with Crippen molar-refractivity contribution in [3.8, 4) is 0 Å². The highest BCUT2D eigenvalue weighted by Crippen LogP contribution is 2.28. The van der Waals surface area contributed by atoms with Crippen molar-refractivity contribution >= 4 is 33.7 Å². The zero-order chi connectivity index (χ0) is 13.8. The van der Waals surface area contributed by atoms with E-state index in [0.29, 0.717) is 4.47 Å². The SMILES string of the molecule is CCOC(=O)c1nnc(Sc2ncc(Br)cc2F)o1. The molecule has 0 amide bonds. The minimum atomic E-state index is -0.717. The van der Waals surface area contributed by atoms with Crippen molar-refractivity contribution in [2.45, 2.75) is 17.2 Å². The van der Waals surface area contributed by atoms with Crippen LogP contribution in [0.1, 0.15) is 17.6 Å². The number of pyridine rings is 1. The maximum absolute atomic E-state index is 13.5. The van der Waals surface area contributed by atoms with E-state index < -0.39 is 11.8 Å². The Morgan fingerprint density at radius 3 is 3.05 bits per heavy atom. The Balaban J connectivity index is 2.13. The van der Waals surface area contributed by atoms with Crippen LogP contribution in [-0.2, 0) is 4.74 Å². The van der Waals surface area contributed by atoms with Crippen molar-refractivity contribution in [3.05, 3.63) is 28.4 Å². The molecule has 0 aliphatic rings. The summed E-state index contributed by atoms with van der Waals surface area (Å²) in [5, 5.41) is 7.19. The van der Waals surface area contributed by atoms with Crippen LogP contribution in [0.25, 0.3) is 0 Å². The van der Waals surface area contributed by atoms with Crippen LogP contribution in [0.4, 0.5) is 4.39 Å². The fraction of sp³-hybridized carbons (Fsp3) is 0.200. The van der Waals surface area contributed by atoms with E-state index in [0.717, 1.165) is 11.8 Å². The zero-order valence-electron chi connectivity index (χ0n) is 9.59. The van der Waals surface area contributed by atoms with Crippen LogP contribution < -0.4 is 0 Å². The van der Waals surface area contributed by atoms with Gasteiger partial charge in [-0.1, -0.05) is 5.10 Å². The van der Waals surface area contributed by atoms with Crippen molar-refractivity contribution in [2.75, 3.05) is 6.61 Å². The van der Waals surface area contributed by atoms with Crippen molar-refractivity contribution in [2.24, 2.45) is 0 Å². The van der Waals surface area contributed by atoms with Gasteiger partial charge < -0.3 is 9.15 Å². The van der Waals surface area contributed by atoms with Crippen LogP contribution in [0.3, 0.4) is 0 Å². The molecule has 19 heavy (non-hydrogen) atoms. The van der Waals surface area contributed by atoms with E-state index in [9.17, 15) is 9.18 Å². The maximum Gasteiger partial charge on any atom is 0.396 e. The molecule has 0 radical (unpaired) electrons. The molecule has 0 fully saturated rings. The third kappa shape index (κ3) is 3.51. The number of aromatic nitrogens is 3. The number of nitrogens with zero attached hydrogens (tertiary/aromatic N) is 3. The topological polar surface area (TPSA) is 78.1 Å². The molecule has 0 N–H and O–H groups in total. The van der Waals surface area contributed by atoms with E-state index in [4.69, 9.17) is 9.15 Å². The van der Waals surface area contributed by atoms with Gasteiger partial charge in [-0.3, -0.25) is 0 Å². The fourth-order valence-electron chi connectivity index (χ4n) is 1.09.